The van der Waals surface area contributed by atoms with Gasteiger partial charge in [-0.05, 0) is 35.5 Å². The van der Waals surface area contributed by atoms with Crippen LogP contribution in [0.5, 0.6) is 11.5 Å². The number of carbonyl (C=O) groups excluding carboxylic acids is 1. The number of nitrogens with zero attached hydrogens (tertiary/aromatic N) is 6. The van der Waals surface area contributed by atoms with E-state index in [0.717, 1.165) is 18.0 Å². The van der Waals surface area contributed by atoms with Gasteiger partial charge in [0.25, 0.3) is 5.95 Å². The topological polar surface area (TPSA) is 111 Å². The first-order valence-electron chi connectivity index (χ1n) is 13.1. The van der Waals surface area contributed by atoms with Crippen molar-refractivity contribution in [1.82, 2.24) is 29.9 Å². The van der Waals surface area contributed by atoms with E-state index in [1.165, 1.54) is 0 Å². The summed E-state index contributed by atoms with van der Waals surface area (Å²) in [5.41, 5.74) is 0.120. The number of halogens is 6. The van der Waals surface area contributed by atoms with Crippen LogP contribution in [-0.4, -0.2) is 69.5 Å². The number of hydrogen-bond donors (Lipinski definition) is 1. The lowest BCUT2D eigenvalue weighted by Crippen LogP contribution is -2.51. The number of imidazole rings is 1. The minimum Gasteiger partial charge on any atom is -0.406 e. The molecule has 0 aliphatic carbocycles. The number of fused-ring (bicyclic) bond motifs is 1. The number of hydrogen-bond acceptors (Lipinski definition) is 9. The first-order valence-corrected chi connectivity index (χ1v) is 13.1. The molecule has 1 amide bonds. The van der Waals surface area contributed by atoms with Crippen LogP contribution in [0.2, 0.25) is 0 Å². The van der Waals surface area contributed by atoms with Gasteiger partial charge in [-0.2, -0.15) is 4.98 Å². The zero-order valence-electron chi connectivity index (χ0n) is 22.3. The van der Waals surface area contributed by atoms with Crippen molar-refractivity contribution in [3.8, 4) is 11.5 Å². The molecule has 2 aliphatic rings. The number of amides is 1. The molecule has 1 aromatic carbocycles. The quantitative estimate of drug-likeness (QED) is 0.383. The number of benzene rings is 1. The van der Waals surface area contributed by atoms with Gasteiger partial charge in [0.05, 0.1) is 13.1 Å². The van der Waals surface area contributed by atoms with Crippen molar-refractivity contribution in [1.29, 1.82) is 0 Å². The Morgan fingerprint density at radius 1 is 1.14 bits per heavy atom. The molecule has 1 fully saturated rings. The Morgan fingerprint density at radius 3 is 2.60 bits per heavy atom. The summed E-state index contributed by atoms with van der Waals surface area (Å²) in [7, 11) is 1.72. The van der Waals surface area contributed by atoms with Gasteiger partial charge in [-0.1, -0.05) is 6.07 Å². The fourth-order valence-corrected chi connectivity index (χ4v) is 5.09. The van der Waals surface area contributed by atoms with Gasteiger partial charge in [0.1, 0.15) is 23.5 Å². The van der Waals surface area contributed by atoms with Crippen molar-refractivity contribution in [2.75, 3.05) is 25.0 Å². The van der Waals surface area contributed by atoms with Crippen LogP contribution in [0.4, 0.5) is 32.3 Å². The molecular formula is C25H27F6N7O4. The zero-order valence-corrected chi connectivity index (χ0v) is 22.3. The van der Waals surface area contributed by atoms with Crippen LogP contribution >= 0.6 is 0 Å². The molecule has 11 nitrogen and oxygen atoms in total. The van der Waals surface area contributed by atoms with Gasteiger partial charge >= 0.3 is 12.7 Å². The SMILES string of the molecule is CN(C(=O)CCc1nc(N2CCC(c3ccc(OC(F)(F)F)cc3OC(F)(F)F)CC2)no1)C1Cn2ccnc2CN1. The zero-order chi connectivity index (χ0) is 30.1. The molecule has 42 heavy (non-hydrogen) atoms. The highest BCUT2D eigenvalue weighted by molar-refractivity contribution is 5.76. The average molecular weight is 604 g/mol. The predicted octanol–water partition coefficient (Wildman–Crippen LogP) is 3.97. The normalized spacial score (nSPS) is 18.1. The van der Waals surface area contributed by atoms with Crippen LogP contribution in [0.1, 0.15) is 42.5 Å². The van der Waals surface area contributed by atoms with E-state index in [1.807, 2.05) is 10.8 Å². The molecule has 0 bridgehead atoms. The Morgan fingerprint density at radius 2 is 1.88 bits per heavy atom. The van der Waals surface area contributed by atoms with E-state index in [2.05, 4.69) is 29.9 Å². The Hall–Kier alpha value is -4.02. The molecule has 1 N–H and O–H groups in total. The summed E-state index contributed by atoms with van der Waals surface area (Å²) in [6, 6.07) is 2.70. The largest absolute Gasteiger partial charge is 0.573 e. The minimum absolute atomic E-state index is 0.111. The number of nitrogens with one attached hydrogen (secondary N) is 1. The van der Waals surface area contributed by atoms with Crippen molar-refractivity contribution < 1.29 is 45.1 Å². The van der Waals surface area contributed by atoms with Crippen molar-refractivity contribution in [3.05, 3.63) is 47.9 Å². The standard InChI is InChI=1S/C25H27F6N7O4/c1-36(20-14-38-11-8-32-19(38)13-33-20)22(39)5-4-21-34-23(35-42-21)37-9-6-15(7-10-37)17-3-2-16(40-24(26,27)28)12-18(17)41-25(29,30)31/h2-3,8,11-12,15,20,33H,4-7,9-10,13-14H2,1H3. The maximum atomic E-state index is 13.0. The van der Waals surface area contributed by atoms with Crippen LogP contribution in [0.25, 0.3) is 0 Å². The fraction of sp³-hybridized carbons (Fsp3) is 0.520. The number of rotatable bonds is 8. The van der Waals surface area contributed by atoms with E-state index in [1.54, 1.807) is 23.0 Å². The maximum Gasteiger partial charge on any atom is 0.573 e. The molecule has 0 radical (unpaired) electrons. The summed E-state index contributed by atoms with van der Waals surface area (Å²) in [6.07, 6.45) is -5.69. The van der Waals surface area contributed by atoms with E-state index < -0.39 is 30.1 Å². The first kappa shape index (κ1) is 29.5. The summed E-state index contributed by atoms with van der Waals surface area (Å²) < 4.78 is 91.8. The van der Waals surface area contributed by atoms with Gasteiger partial charge in [-0.25, -0.2) is 4.98 Å². The number of aromatic nitrogens is 4. The molecule has 0 spiro atoms. The van der Waals surface area contributed by atoms with Crippen LogP contribution in [-0.2, 0) is 24.3 Å². The highest BCUT2D eigenvalue weighted by Crippen LogP contribution is 2.40. The minimum atomic E-state index is -5.10. The van der Waals surface area contributed by atoms with Gasteiger partial charge < -0.3 is 28.4 Å². The fourth-order valence-electron chi connectivity index (χ4n) is 5.09. The van der Waals surface area contributed by atoms with Gasteiger partial charge in [-0.3, -0.25) is 10.1 Å². The third-order valence-corrected chi connectivity index (χ3v) is 7.20. The van der Waals surface area contributed by atoms with Gasteiger partial charge in [0.2, 0.25) is 11.8 Å². The Labute approximate surface area is 235 Å². The van der Waals surface area contributed by atoms with Crippen molar-refractivity contribution in [2.45, 2.75) is 63.6 Å². The van der Waals surface area contributed by atoms with E-state index in [-0.39, 0.29) is 42.3 Å². The number of aryl methyl sites for hydroxylation is 1. The van der Waals surface area contributed by atoms with E-state index in [9.17, 15) is 31.1 Å². The summed E-state index contributed by atoms with van der Waals surface area (Å²) in [6.45, 7) is 1.82. The smallest absolute Gasteiger partial charge is 0.406 e. The summed E-state index contributed by atoms with van der Waals surface area (Å²) in [5.74, 6) is -0.638. The lowest BCUT2D eigenvalue weighted by molar-refractivity contribution is -0.276. The van der Waals surface area contributed by atoms with E-state index in [4.69, 9.17) is 4.52 Å². The number of alkyl halides is 6. The van der Waals surface area contributed by atoms with Crippen LogP contribution in [0, 0.1) is 0 Å². The second-order valence-corrected chi connectivity index (χ2v) is 9.94. The van der Waals surface area contributed by atoms with Crippen molar-refractivity contribution >= 4 is 11.9 Å². The third kappa shape index (κ3) is 7.24. The molecule has 5 rings (SSSR count). The highest BCUT2D eigenvalue weighted by Gasteiger charge is 2.36. The molecule has 0 saturated carbocycles. The molecule has 4 heterocycles. The molecule has 1 unspecified atom stereocenters. The molecular weight excluding hydrogens is 576 g/mol. The van der Waals surface area contributed by atoms with Crippen LogP contribution < -0.4 is 19.7 Å². The molecule has 2 aromatic heterocycles. The third-order valence-electron chi connectivity index (χ3n) is 7.20. The lowest BCUT2D eigenvalue weighted by atomic mass is 9.89. The van der Waals surface area contributed by atoms with Crippen molar-refractivity contribution in [2.24, 2.45) is 0 Å². The summed E-state index contributed by atoms with van der Waals surface area (Å²) >= 11 is 0. The lowest BCUT2D eigenvalue weighted by Gasteiger charge is -2.33. The first-order chi connectivity index (χ1) is 19.8. The van der Waals surface area contributed by atoms with Gasteiger partial charge in [0.15, 0.2) is 0 Å². The van der Waals surface area contributed by atoms with Crippen LogP contribution in [0.15, 0.2) is 35.1 Å². The van der Waals surface area contributed by atoms with E-state index >= 15 is 0 Å². The summed E-state index contributed by atoms with van der Waals surface area (Å²) in [4.78, 5) is 24.8. The number of carbonyl (C=O) groups is 1. The number of piperidine rings is 1. The Kier molecular flexibility index (Phi) is 8.21. The molecule has 1 saturated heterocycles. The molecule has 17 heteroatoms. The van der Waals surface area contributed by atoms with E-state index in [0.29, 0.717) is 45.1 Å². The number of likely N-dealkylation sites (N-methyl/N-ethyl adjacent to an activating group) is 1. The molecule has 228 valence electrons. The highest BCUT2D eigenvalue weighted by atomic mass is 19.4. The molecule has 1 atom stereocenters. The number of anilines is 1. The maximum absolute atomic E-state index is 13.0. The second kappa shape index (κ2) is 11.7. The number of ether oxygens (including phenoxy) is 2. The Balaban J connectivity index is 1.15. The Bertz CT molecular complexity index is 1380. The van der Waals surface area contributed by atoms with Gasteiger partial charge in [-0.15, -0.1) is 26.3 Å². The second-order valence-electron chi connectivity index (χ2n) is 9.94. The molecule has 2 aliphatic heterocycles. The summed E-state index contributed by atoms with van der Waals surface area (Å²) in [5, 5.41) is 7.25. The monoisotopic (exact) mass is 603 g/mol. The predicted molar refractivity (Wildman–Crippen MR) is 132 cm³/mol. The van der Waals surface area contributed by atoms with Crippen LogP contribution in [0.3, 0.4) is 0 Å². The average Bonchev–Trinajstić information content (AvgIpc) is 3.59. The van der Waals surface area contributed by atoms with Crippen molar-refractivity contribution in [3.63, 3.8) is 0 Å². The molecule has 3 aromatic rings. The van der Waals surface area contributed by atoms with Gasteiger partial charge in [0, 0.05) is 51.4 Å².